The molecule has 5 nitrogen and oxygen atoms in total. The summed E-state index contributed by atoms with van der Waals surface area (Å²) >= 11 is 1.74. The van der Waals surface area contributed by atoms with Gasteiger partial charge in [-0.1, -0.05) is 12.1 Å². The van der Waals surface area contributed by atoms with Crippen molar-refractivity contribution in [3.05, 3.63) is 52.2 Å². The molecule has 0 saturated carbocycles. The lowest BCUT2D eigenvalue weighted by atomic mass is 9.94. The molecule has 1 aromatic carbocycles. The van der Waals surface area contributed by atoms with E-state index in [1.807, 2.05) is 6.07 Å². The predicted octanol–water partition coefficient (Wildman–Crippen LogP) is 3.09. The second-order valence-electron chi connectivity index (χ2n) is 5.96. The van der Waals surface area contributed by atoms with Crippen LogP contribution in [0.1, 0.15) is 28.1 Å². The zero-order valence-corrected chi connectivity index (χ0v) is 14.7. The van der Waals surface area contributed by atoms with Gasteiger partial charge in [0.25, 0.3) is 0 Å². The number of sulfonamides is 1. The van der Waals surface area contributed by atoms with Gasteiger partial charge in [0.15, 0.2) is 0 Å². The number of piperidine rings is 1. The topological polar surface area (TPSA) is 74.7 Å². The van der Waals surface area contributed by atoms with Crippen molar-refractivity contribution in [1.82, 2.24) is 4.31 Å². The van der Waals surface area contributed by atoms with Gasteiger partial charge in [-0.3, -0.25) is 0 Å². The van der Waals surface area contributed by atoms with Crippen LogP contribution in [0.4, 0.5) is 0 Å². The van der Waals surface area contributed by atoms with Gasteiger partial charge in [-0.05, 0) is 54.8 Å². The first kappa shape index (κ1) is 17.1. The minimum atomic E-state index is -3.63. The van der Waals surface area contributed by atoms with Crippen molar-refractivity contribution in [3.8, 4) is 0 Å². The van der Waals surface area contributed by atoms with E-state index >= 15 is 0 Å². The first-order valence-corrected chi connectivity index (χ1v) is 10.1. The molecular weight excluding hydrogens is 346 g/mol. The molecule has 0 bridgehead atoms. The van der Waals surface area contributed by atoms with Crippen LogP contribution < -0.4 is 0 Å². The van der Waals surface area contributed by atoms with Crippen molar-refractivity contribution in [1.29, 1.82) is 0 Å². The molecule has 3 rings (SSSR count). The molecule has 0 unspecified atom stereocenters. The van der Waals surface area contributed by atoms with E-state index in [2.05, 4.69) is 11.4 Å². The second kappa shape index (κ2) is 7.04. The second-order valence-corrected chi connectivity index (χ2v) is 8.93. The fourth-order valence-corrected chi connectivity index (χ4v) is 5.34. The van der Waals surface area contributed by atoms with E-state index in [1.54, 1.807) is 11.3 Å². The largest absolute Gasteiger partial charge is 0.478 e. The summed E-state index contributed by atoms with van der Waals surface area (Å²) in [6.07, 6.45) is 2.66. The molecule has 2 heterocycles. The molecule has 0 amide bonds. The molecule has 0 radical (unpaired) electrons. The van der Waals surface area contributed by atoms with E-state index in [4.69, 9.17) is 5.11 Å². The molecule has 2 aromatic rings. The molecule has 0 spiro atoms. The lowest BCUT2D eigenvalue weighted by Gasteiger charge is -2.31. The number of aromatic carboxylic acids is 1. The number of hydrogen-bond acceptors (Lipinski definition) is 4. The van der Waals surface area contributed by atoms with E-state index < -0.39 is 16.0 Å². The molecule has 1 aliphatic heterocycles. The number of nitrogens with zero attached hydrogens (tertiary/aromatic N) is 1. The highest BCUT2D eigenvalue weighted by Gasteiger charge is 2.29. The van der Waals surface area contributed by atoms with Gasteiger partial charge in [-0.25, -0.2) is 13.2 Å². The van der Waals surface area contributed by atoms with Gasteiger partial charge in [0, 0.05) is 18.0 Å². The van der Waals surface area contributed by atoms with E-state index in [9.17, 15) is 13.2 Å². The van der Waals surface area contributed by atoms with Gasteiger partial charge in [0.1, 0.15) is 0 Å². The molecule has 1 N–H and O–H groups in total. The van der Waals surface area contributed by atoms with Crippen LogP contribution in [0, 0.1) is 5.92 Å². The number of rotatable bonds is 5. The molecular formula is C17H19NO4S2. The molecule has 1 saturated heterocycles. The summed E-state index contributed by atoms with van der Waals surface area (Å²) < 4.78 is 26.9. The average Bonchev–Trinajstić information content (AvgIpc) is 3.08. The fourth-order valence-electron chi connectivity index (χ4n) is 3.01. The zero-order valence-electron chi connectivity index (χ0n) is 13.1. The van der Waals surface area contributed by atoms with Crippen LogP contribution in [-0.4, -0.2) is 36.9 Å². The van der Waals surface area contributed by atoms with Crippen LogP contribution in [0.25, 0.3) is 0 Å². The highest BCUT2D eigenvalue weighted by Crippen LogP contribution is 2.27. The van der Waals surface area contributed by atoms with Crippen LogP contribution >= 0.6 is 11.3 Å². The molecule has 1 aromatic heterocycles. The smallest absolute Gasteiger partial charge is 0.335 e. The maximum absolute atomic E-state index is 12.7. The third-order valence-electron chi connectivity index (χ3n) is 4.36. The predicted molar refractivity (Wildman–Crippen MR) is 92.9 cm³/mol. The molecule has 7 heteroatoms. The Morgan fingerprint density at radius 3 is 2.58 bits per heavy atom. The van der Waals surface area contributed by atoms with E-state index in [0.717, 1.165) is 19.3 Å². The Morgan fingerprint density at radius 2 is 1.96 bits per heavy atom. The van der Waals surface area contributed by atoms with Crippen molar-refractivity contribution in [3.63, 3.8) is 0 Å². The quantitative estimate of drug-likeness (QED) is 0.883. The van der Waals surface area contributed by atoms with Crippen molar-refractivity contribution in [2.24, 2.45) is 5.92 Å². The summed E-state index contributed by atoms with van der Waals surface area (Å²) in [6.45, 7) is 0.964. The summed E-state index contributed by atoms with van der Waals surface area (Å²) in [7, 11) is -3.63. The Bertz CT molecular complexity index is 807. The van der Waals surface area contributed by atoms with Crippen molar-refractivity contribution in [2.75, 3.05) is 13.1 Å². The third kappa shape index (κ3) is 3.68. The van der Waals surface area contributed by atoms with Crippen LogP contribution in [0.5, 0.6) is 0 Å². The molecule has 24 heavy (non-hydrogen) atoms. The molecule has 1 aliphatic rings. The molecule has 0 aliphatic carbocycles. The fraction of sp³-hybridized carbons (Fsp3) is 0.353. The summed E-state index contributed by atoms with van der Waals surface area (Å²) in [5, 5.41) is 11.1. The summed E-state index contributed by atoms with van der Waals surface area (Å²) in [6, 6.07) is 9.71. The Balaban J connectivity index is 1.68. The first-order chi connectivity index (χ1) is 11.5. The zero-order chi connectivity index (χ0) is 17.2. The standard InChI is InChI=1S/C17H19NO4S2/c19-17(20)14-3-1-5-16(12-14)24(21,22)18-8-6-13(7-9-18)11-15-4-2-10-23-15/h1-5,10,12-13H,6-9,11H2,(H,19,20). The lowest BCUT2D eigenvalue weighted by Crippen LogP contribution is -2.38. The third-order valence-corrected chi connectivity index (χ3v) is 7.16. The van der Waals surface area contributed by atoms with E-state index in [0.29, 0.717) is 19.0 Å². The lowest BCUT2D eigenvalue weighted by molar-refractivity contribution is 0.0696. The van der Waals surface area contributed by atoms with Crippen LogP contribution in [0.15, 0.2) is 46.7 Å². The maximum atomic E-state index is 12.7. The monoisotopic (exact) mass is 365 g/mol. The molecule has 128 valence electrons. The number of thiophene rings is 1. The molecule has 0 atom stereocenters. The van der Waals surface area contributed by atoms with E-state index in [1.165, 1.54) is 33.4 Å². The Kier molecular flexibility index (Phi) is 5.03. The average molecular weight is 365 g/mol. The normalized spacial score (nSPS) is 17.0. The van der Waals surface area contributed by atoms with Crippen LogP contribution in [0.3, 0.4) is 0 Å². The minimum Gasteiger partial charge on any atom is -0.478 e. The SMILES string of the molecule is O=C(O)c1cccc(S(=O)(=O)N2CCC(Cc3cccs3)CC2)c1. The van der Waals surface area contributed by atoms with Crippen LogP contribution in [0.2, 0.25) is 0 Å². The highest BCUT2D eigenvalue weighted by atomic mass is 32.2. The summed E-state index contributed by atoms with van der Waals surface area (Å²) in [4.78, 5) is 12.4. The highest BCUT2D eigenvalue weighted by molar-refractivity contribution is 7.89. The van der Waals surface area contributed by atoms with Crippen molar-refractivity contribution >= 4 is 27.3 Å². The van der Waals surface area contributed by atoms with E-state index in [-0.39, 0.29) is 10.5 Å². The van der Waals surface area contributed by atoms with Gasteiger partial charge >= 0.3 is 5.97 Å². The number of benzene rings is 1. The van der Waals surface area contributed by atoms with Crippen molar-refractivity contribution in [2.45, 2.75) is 24.2 Å². The van der Waals surface area contributed by atoms with Gasteiger partial charge < -0.3 is 5.11 Å². The van der Waals surface area contributed by atoms with Crippen LogP contribution in [-0.2, 0) is 16.4 Å². The summed E-state index contributed by atoms with van der Waals surface area (Å²) in [5.74, 6) is -0.623. The molecule has 1 fully saturated rings. The van der Waals surface area contributed by atoms with Gasteiger partial charge in [-0.15, -0.1) is 11.3 Å². The Hall–Kier alpha value is -1.70. The van der Waals surface area contributed by atoms with Gasteiger partial charge in [0.2, 0.25) is 10.0 Å². The van der Waals surface area contributed by atoms with Gasteiger partial charge in [0.05, 0.1) is 10.5 Å². The Labute approximate surface area is 145 Å². The minimum absolute atomic E-state index is 0.0105. The first-order valence-electron chi connectivity index (χ1n) is 7.83. The summed E-state index contributed by atoms with van der Waals surface area (Å²) in [5.41, 5.74) is -0.0105. The number of carboxylic acids is 1. The van der Waals surface area contributed by atoms with Crippen molar-refractivity contribution < 1.29 is 18.3 Å². The number of hydrogen-bond donors (Lipinski definition) is 1. The Morgan fingerprint density at radius 1 is 1.21 bits per heavy atom. The number of carbonyl (C=O) groups is 1. The van der Waals surface area contributed by atoms with Gasteiger partial charge in [-0.2, -0.15) is 4.31 Å². The number of carboxylic acid groups (broad SMARTS) is 1. The maximum Gasteiger partial charge on any atom is 0.335 e.